The molecular weight excluding hydrogens is 316 g/mol. The molecule has 6 nitrogen and oxygen atoms in total. The normalized spacial score (nSPS) is 18.0. The van der Waals surface area contributed by atoms with E-state index in [-0.39, 0.29) is 19.1 Å². The summed E-state index contributed by atoms with van der Waals surface area (Å²) < 4.78 is 5.13. The number of nitrogens with zero attached hydrogens (tertiary/aromatic N) is 2. The summed E-state index contributed by atoms with van der Waals surface area (Å²) in [6.07, 6.45) is -0.970. The van der Waals surface area contributed by atoms with Crippen LogP contribution in [0, 0.1) is 6.92 Å². The lowest BCUT2D eigenvalue weighted by molar-refractivity contribution is -0.154. The molecule has 2 aromatic rings. The lowest BCUT2D eigenvalue weighted by atomic mass is 10.2. The molecule has 1 saturated heterocycles. The number of carbonyl (C=O) groups is 2. The van der Waals surface area contributed by atoms with Gasteiger partial charge in [-0.25, -0.2) is 9.78 Å². The Bertz CT molecular complexity index is 726. The van der Waals surface area contributed by atoms with E-state index >= 15 is 0 Å². The molecule has 1 aromatic heterocycles. The van der Waals surface area contributed by atoms with Crippen LogP contribution in [0.1, 0.15) is 16.1 Å². The van der Waals surface area contributed by atoms with Crippen LogP contribution in [-0.2, 0) is 9.53 Å². The summed E-state index contributed by atoms with van der Waals surface area (Å²) in [7, 11) is 0. The molecule has 1 amide bonds. The molecule has 2 heterocycles. The van der Waals surface area contributed by atoms with Crippen molar-refractivity contribution in [1.29, 1.82) is 0 Å². The molecule has 1 N–H and O–H groups in total. The molecule has 0 aliphatic carbocycles. The Morgan fingerprint density at radius 1 is 1.35 bits per heavy atom. The van der Waals surface area contributed by atoms with Gasteiger partial charge in [0, 0.05) is 17.5 Å². The van der Waals surface area contributed by atoms with E-state index in [0.717, 1.165) is 16.1 Å². The number of carbonyl (C=O) groups excluding carboxylic acids is 1. The van der Waals surface area contributed by atoms with Crippen LogP contribution in [0.25, 0.3) is 10.6 Å². The van der Waals surface area contributed by atoms with E-state index in [9.17, 15) is 9.59 Å². The fraction of sp³-hybridized carbons (Fsp3) is 0.312. The summed E-state index contributed by atoms with van der Waals surface area (Å²) in [5.74, 6) is -1.31. The highest BCUT2D eigenvalue weighted by molar-refractivity contribution is 7.13. The topological polar surface area (TPSA) is 79.7 Å². The molecule has 1 aliphatic rings. The summed E-state index contributed by atoms with van der Waals surface area (Å²) in [6, 6.07) is 7.94. The molecule has 1 aliphatic heterocycles. The van der Waals surface area contributed by atoms with Crippen LogP contribution < -0.4 is 0 Å². The zero-order chi connectivity index (χ0) is 16.4. The number of hydrogen-bond acceptors (Lipinski definition) is 5. The van der Waals surface area contributed by atoms with Crippen molar-refractivity contribution in [3.05, 3.63) is 40.9 Å². The van der Waals surface area contributed by atoms with Gasteiger partial charge in [-0.15, -0.1) is 11.3 Å². The molecule has 7 heteroatoms. The van der Waals surface area contributed by atoms with E-state index < -0.39 is 12.1 Å². The lowest BCUT2D eigenvalue weighted by Crippen LogP contribution is -2.48. The zero-order valence-electron chi connectivity index (χ0n) is 12.6. The summed E-state index contributed by atoms with van der Waals surface area (Å²) in [5.41, 5.74) is 2.47. The number of ether oxygens (including phenoxy) is 1. The van der Waals surface area contributed by atoms with Gasteiger partial charge in [-0.3, -0.25) is 4.79 Å². The average molecular weight is 332 g/mol. The molecule has 0 unspecified atom stereocenters. The molecule has 1 atom stereocenters. The van der Waals surface area contributed by atoms with Crippen molar-refractivity contribution in [2.45, 2.75) is 13.0 Å². The quantitative estimate of drug-likeness (QED) is 0.930. The van der Waals surface area contributed by atoms with E-state index in [1.807, 2.05) is 31.2 Å². The number of hydrogen-bond donors (Lipinski definition) is 1. The number of rotatable bonds is 3. The number of thiazole rings is 1. The second-order valence-electron chi connectivity index (χ2n) is 5.35. The van der Waals surface area contributed by atoms with E-state index in [1.165, 1.54) is 16.2 Å². The first-order valence-corrected chi connectivity index (χ1v) is 8.09. The Labute approximate surface area is 137 Å². The van der Waals surface area contributed by atoms with E-state index in [0.29, 0.717) is 12.2 Å². The second-order valence-corrected chi connectivity index (χ2v) is 6.21. The van der Waals surface area contributed by atoms with Crippen LogP contribution in [0.2, 0.25) is 0 Å². The number of carboxylic acids is 1. The third-order valence-electron chi connectivity index (χ3n) is 3.65. The van der Waals surface area contributed by atoms with Gasteiger partial charge in [0.1, 0.15) is 10.7 Å². The number of aromatic nitrogens is 1. The third kappa shape index (κ3) is 3.40. The van der Waals surface area contributed by atoms with E-state index in [4.69, 9.17) is 9.84 Å². The molecule has 1 fully saturated rings. The van der Waals surface area contributed by atoms with Crippen LogP contribution >= 0.6 is 11.3 Å². The second kappa shape index (κ2) is 6.47. The maximum absolute atomic E-state index is 12.5. The average Bonchev–Trinajstić information content (AvgIpc) is 3.05. The Morgan fingerprint density at radius 3 is 2.78 bits per heavy atom. The fourth-order valence-electron chi connectivity index (χ4n) is 2.35. The largest absolute Gasteiger partial charge is 0.479 e. The van der Waals surface area contributed by atoms with Crippen molar-refractivity contribution in [2.75, 3.05) is 19.7 Å². The van der Waals surface area contributed by atoms with Crippen molar-refractivity contribution in [3.8, 4) is 10.6 Å². The highest BCUT2D eigenvalue weighted by Gasteiger charge is 2.30. The Hall–Kier alpha value is -2.25. The molecule has 0 bridgehead atoms. The van der Waals surface area contributed by atoms with Crippen LogP contribution in [0.5, 0.6) is 0 Å². The van der Waals surface area contributed by atoms with Crippen molar-refractivity contribution in [2.24, 2.45) is 0 Å². The SMILES string of the molecule is Cc1ccc(-c2nc(C(=O)N3CCO[C@@H](C(=O)O)C3)cs2)cc1. The Kier molecular flexibility index (Phi) is 4.40. The molecular formula is C16H16N2O4S. The summed E-state index contributed by atoms with van der Waals surface area (Å²) >= 11 is 1.40. The fourth-order valence-corrected chi connectivity index (χ4v) is 3.15. The first-order valence-electron chi connectivity index (χ1n) is 7.21. The number of carboxylic acid groups (broad SMARTS) is 1. The van der Waals surface area contributed by atoms with Gasteiger partial charge in [0.25, 0.3) is 5.91 Å². The van der Waals surface area contributed by atoms with Crippen LogP contribution in [0.15, 0.2) is 29.6 Å². The van der Waals surface area contributed by atoms with Gasteiger partial charge in [0.05, 0.1) is 13.2 Å². The van der Waals surface area contributed by atoms with Crippen molar-refractivity contribution >= 4 is 23.2 Å². The first-order chi connectivity index (χ1) is 11.0. The van der Waals surface area contributed by atoms with Gasteiger partial charge >= 0.3 is 5.97 Å². The number of aliphatic carboxylic acids is 1. The summed E-state index contributed by atoms with van der Waals surface area (Å²) in [4.78, 5) is 29.4. The molecule has 120 valence electrons. The predicted octanol–water partition coefficient (Wildman–Crippen LogP) is 2.04. The minimum absolute atomic E-state index is 0.0472. The van der Waals surface area contributed by atoms with Crippen LogP contribution in [-0.4, -0.2) is 52.7 Å². The van der Waals surface area contributed by atoms with Gasteiger partial charge in [-0.2, -0.15) is 0 Å². The third-order valence-corrected chi connectivity index (χ3v) is 4.54. The number of morpholine rings is 1. The minimum atomic E-state index is -1.05. The van der Waals surface area contributed by atoms with E-state index in [1.54, 1.807) is 5.38 Å². The standard InChI is InChI=1S/C16H16N2O4S/c1-10-2-4-11(5-3-10)14-17-12(9-23-14)15(19)18-6-7-22-13(8-18)16(20)21/h2-5,9,13H,6-8H2,1H3,(H,20,21)/t13-/m1/s1. The van der Waals surface area contributed by atoms with Gasteiger partial charge in [0.15, 0.2) is 6.10 Å². The van der Waals surface area contributed by atoms with Gasteiger partial charge < -0.3 is 14.7 Å². The number of amides is 1. The molecule has 0 radical (unpaired) electrons. The number of benzene rings is 1. The van der Waals surface area contributed by atoms with Crippen molar-refractivity contribution in [3.63, 3.8) is 0 Å². The molecule has 3 rings (SSSR count). The Balaban J connectivity index is 1.75. The Morgan fingerprint density at radius 2 is 2.09 bits per heavy atom. The molecule has 0 spiro atoms. The smallest absolute Gasteiger partial charge is 0.334 e. The maximum atomic E-state index is 12.5. The monoisotopic (exact) mass is 332 g/mol. The molecule has 23 heavy (non-hydrogen) atoms. The minimum Gasteiger partial charge on any atom is -0.479 e. The number of aryl methyl sites for hydroxylation is 1. The maximum Gasteiger partial charge on any atom is 0.334 e. The van der Waals surface area contributed by atoms with Gasteiger partial charge in [-0.1, -0.05) is 29.8 Å². The predicted molar refractivity (Wildman–Crippen MR) is 85.6 cm³/mol. The van der Waals surface area contributed by atoms with Crippen molar-refractivity contribution in [1.82, 2.24) is 9.88 Å². The molecule has 0 saturated carbocycles. The zero-order valence-corrected chi connectivity index (χ0v) is 13.4. The van der Waals surface area contributed by atoms with Crippen LogP contribution in [0.3, 0.4) is 0 Å². The van der Waals surface area contributed by atoms with Crippen LogP contribution in [0.4, 0.5) is 0 Å². The summed E-state index contributed by atoms with van der Waals surface area (Å²) in [5, 5.41) is 11.5. The van der Waals surface area contributed by atoms with Gasteiger partial charge in [0.2, 0.25) is 0 Å². The highest BCUT2D eigenvalue weighted by Crippen LogP contribution is 2.25. The first kappa shape index (κ1) is 15.6. The summed E-state index contributed by atoms with van der Waals surface area (Å²) in [6.45, 7) is 2.65. The highest BCUT2D eigenvalue weighted by atomic mass is 32.1. The van der Waals surface area contributed by atoms with Gasteiger partial charge in [-0.05, 0) is 6.92 Å². The van der Waals surface area contributed by atoms with Crippen molar-refractivity contribution < 1.29 is 19.4 Å². The molecule has 1 aromatic carbocycles. The lowest BCUT2D eigenvalue weighted by Gasteiger charge is -2.30. The van der Waals surface area contributed by atoms with E-state index in [2.05, 4.69) is 4.98 Å².